The van der Waals surface area contributed by atoms with E-state index in [1.807, 2.05) is 54.6 Å². The van der Waals surface area contributed by atoms with Crippen LogP contribution in [0.5, 0.6) is 0 Å². The first-order valence-electron chi connectivity index (χ1n) is 9.16. The summed E-state index contributed by atoms with van der Waals surface area (Å²) in [6.45, 7) is 0.934. The second kappa shape index (κ2) is 7.23. The molecule has 0 aromatic heterocycles. The van der Waals surface area contributed by atoms with Gasteiger partial charge in [0.1, 0.15) is 12.6 Å². The summed E-state index contributed by atoms with van der Waals surface area (Å²) in [7, 11) is 0. The smallest absolute Gasteiger partial charge is 0.246 e. The Labute approximate surface area is 157 Å². The van der Waals surface area contributed by atoms with Crippen molar-refractivity contribution in [3.8, 4) is 11.1 Å². The van der Waals surface area contributed by atoms with Crippen molar-refractivity contribution in [1.82, 2.24) is 10.2 Å². The fourth-order valence-electron chi connectivity index (χ4n) is 3.71. The fraction of sp³-hybridized carbons (Fsp3) is 0.286. The minimum Gasteiger partial charge on any atom is -0.344 e. The average molecular weight is 363 g/mol. The van der Waals surface area contributed by atoms with Gasteiger partial charge in [0.05, 0.1) is 5.69 Å². The maximum atomic E-state index is 12.8. The minimum absolute atomic E-state index is 0.0360. The van der Waals surface area contributed by atoms with Crippen LogP contribution in [-0.4, -0.2) is 48.3 Å². The van der Waals surface area contributed by atoms with Crippen molar-refractivity contribution in [1.29, 1.82) is 0 Å². The van der Waals surface area contributed by atoms with Gasteiger partial charge >= 0.3 is 0 Å². The number of para-hydroxylation sites is 1. The highest BCUT2D eigenvalue weighted by atomic mass is 16.2. The van der Waals surface area contributed by atoms with Crippen molar-refractivity contribution < 1.29 is 14.4 Å². The van der Waals surface area contributed by atoms with E-state index in [1.54, 1.807) is 9.80 Å². The number of nitrogens with zero attached hydrogens (tertiary/aromatic N) is 2. The van der Waals surface area contributed by atoms with Crippen LogP contribution in [0, 0.1) is 0 Å². The Hall–Kier alpha value is -3.15. The van der Waals surface area contributed by atoms with Crippen molar-refractivity contribution in [3.05, 3.63) is 54.6 Å². The Kier molecular flexibility index (Phi) is 4.62. The van der Waals surface area contributed by atoms with Gasteiger partial charge in [-0.25, -0.2) is 0 Å². The van der Waals surface area contributed by atoms with Gasteiger partial charge in [0.25, 0.3) is 0 Å². The number of rotatable bonds is 3. The molecule has 2 saturated heterocycles. The first-order chi connectivity index (χ1) is 13.1. The second-order valence-corrected chi connectivity index (χ2v) is 6.85. The molecule has 0 unspecified atom stereocenters. The van der Waals surface area contributed by atoms with E-state index >= 15 is 0 Å². The van der Waals surface area contributed by atoms with Gasteiger partial charge < -0.3 is 15.1 Å². The summed E-state index contributed by atoms with van der Waals surface area (Å²) in [6.07, 6.45) is 0.873. The van der Waals surface area contributed by atoms with Gasteiger partial charge in [0, 0.05) is 25.1 Å². The number of nitrogens with one attached hydrogen (secondary N) is 1. The third-order valence-electron chi connectivity index (χ3n) is 5.11. The summed E-state index contributed by atoms with van der Waals surface area (Å²) in [5, 5.41) is 2.68. The number of benzene rings is 2. The largest absolute Gasteiger partial charge is 0.344 e. The fourth-order valence-corrected chi connectivity index (χ4v) is 3.71. The van der Waals surface area contributed by atoms with Crippen molar-refractivity contribution in [2.24, 2.45) is 0 Å². The maximum Gasteiger partial charge on any atom is 0.246 e. The zero-order chi connectivity index (χ0) is 18.8. The molecule has 0 radical (unpaired) electrons. The summed E-state index contributed by atoms with van der Waals surface area (Å²) in [4.78, 5) is 40.0. The Morgan fingerprint density at radius 1 is 0.963 bits per heavy atom. The molecule has 3 amide bonds. The maximum absolute atomic E-state index is 12.8. The van der Waals surface area contributed by atoms with Crippen LogP contribution in [0.15, 0.2) is 54.6 Å². The minimum atomic E-state index is -0.492. The molecular weight excluding hydrogens is 342 g/mol. The van der Waals surface area contributed by atoms with Crippen LogP contribution in [-0.2, 0) is 14.4 Å². The molecule has 2 aromatic rings. The molecule has 0 spiro atoms. The molecule has 4 rings (SSSR count). The van der Waals surface area contributed by atoms with Crippen molar-refractivity contribution in [2.45, 2.75) is 18.9 Å². The highest BCUT2D eigenvalue weighted by Crippen LogP contribution is 2.31. The molecule has 6 heteroatoms. The summed E-state index contributed by atoms with van der Waals surface area (Å²) in [5.41, 5.74) is 2.90. The molecule has 1 atom stereocenters. The van der Waals surface area contributed by atoms with Crippen molar-refractivity contribution in [2.75, 3.05) is 24.5 Å². The molecule has 1 N–H and O–H groups in total. The highest BCUT2D eigenvalue weighted by Gasteiger charge is 2.35. The van der Waals surface area contributed by atoms with Crippen molar-refractivity contribution in [3.63, 3.8) is 0 Å². The van der Waals surface area contributed by atoms with Gasteiger partial charge in [-0.15, -0.1) is 0 Å². The first-order valence-corrected chi connectivity index (χ1v) is 9.16. The van der Waals surface area contributed by atoms with E-state index < -0.39 is 6.04 Å². The Morgan fingerprint density at radius 2 is 1.70 bits per heavy atom. The third-order valence-corrected chi connectivity index (χ3v) is 5.11. The van der Waals surface area contributed by atoms with E-state index in [2.05, 4.69) is 5.32 Å². The van der Waals surface area contributed by atoms with Gasteiger partial charge in [-0.05, 0) is 18.1 Å². The van der Waals surface area contributed by atoms with E-state index in [-0.39, 0.29) is 24.3 Å². The lowest BCUT2D eigenvalue weighted by Gasteiger charge is -2.36. The van der Waals surface area contributed by atoms with Crippen LogP contribution in [0.3, 0.4) is 0 Å². The standard InChI is InChI=1S/C21H21N3O3/c25-19-11-10-17(22-19)21(27)23-12-13-24(20(26)14-23)18-9-5-4-8-16(18)15-6-2-1-3-7-15/h1-9,17H,10-14H2,(H,22,25)/t17-/m1/s1. The molecule has 138 valence electrons. The summed E-state index contributed by atoms with van der Waals surface area (Å²) >= 11 is 0. The van der Waals surface area contributed by atoms with Crippen LogP contribution in [0.1, 0.15) is 12.8 Å². The number of carbonyl (C=O) groups is 3. The summed E-state index contributed by atoms with van der Waals surface area (Å²) < 4.78 is 0. The number of hydrogen-bond donors (Lipinski definition) is 1. The number of anilines is 1. The predicted octanol–water partition coefficient (Wildman–Crippen LogP) is 1.81. The molecule has 2 aromatic carbocycles. The van der Waals surface area contributed by atoms with Crippen LogP contribution in [0.2, 0.25) is 0 Å². The predicted molar refractivity (Wildman–Crippen MR) is 102 cm³/mol. The van der Waals surface area contributed by atoms with Crippen molar-refractivity contribution >= 4 is 23.4 Å². The number of hydrogen-bond acceptors (Lipinski definition) is 3. The molecule has 2 fully saturated rings. The summed E-state index contributed by atoms with van der Waals surface area (Å²) in [6, 6.07) is 17.3. The molecule has 2 aliphatic heterocycles. The third kappa shape index (κ3) is 3.43. The van der Waals surface area contributed by atoms with Gasteiger partial charge in [0.2, 0.25) is 17.7 Å². The molecule has 27 heavy (non-hydrogen) atoms. The Bertz CT molecular complexity index is 881. The lowest BCUT2D eigenvalue weighted by atomic mass is 10.0. The Morgan fingerprint density at radius 3 is 2.41 bits per heavy atom. The number of piperazine rings is 1. The zero-order valence-corrected chi connectivity index (χ0v) is 14.9. The Balaban J connectivity index is 1.52. The van der Waals surface area contributed by atoms with Gasteiger partial charge in [-0.3, -0.25) is 14.4 Å². The molecule has 2 heterocycles. The number of carbonyl (C=O) groups excluding carboxylic acids is 3. The molecule has 2 aliphatic rings. The van der Waals surface area contributed by atoms with E-state index in [1.165, 1.54) is 0 Å². The van der Waals surface area contributed by atoms with Crippen LogP contribution in [0.25, 0.3) is 11.1 Å². The quantitative estimate of drug-likeness (QED) is 0.904. The molecule has 6 nitrogen and oxygen atoms in total. The molecular formula is C21H21N3O3. The van der Waals surface area contributed by atoms with E-state index in [0.717, 1.165) is 16.8 Å². The van der Waals surface area contributed by atoms with Crippen LogP contribution < -0.4 is 10.2 Å². The highest BCUT2D eigenvalue weighted by molar-refractivity contribution is 6.02. The normalized spacial score (nSPS) is 19.9. The van der Waals surface area contributed by atoms with Crippen LogP contribution >= 0.6 is 0 Å². The first kappa shape index (κ1) is 17.3. The van der Waals surface area contributed by atoms with Crippen LogP contribution in [0.4, 0.5) is 5.69 Å². The van der Waals surface area contributed by atoms with E-state index in [9.17, 15) is 14.4 Å². The monoisotopic (exact) mass is 363 g/mol. The topological polar surface area (TPSA) is 69.7 Å². The lowest BCUT2D eigenvalue weighted by molar-refractivity contribution is -0.138. The van der Waals surface area contributed by atoms with E-state index in [4.69, 9.17) is 0 Å². The second-order valence-electron chi connectivity index (χ2n) is 6.85. The average Bonchev–Trinajstić information content (AvgIpc) is 3.14. The van der Waals surface area contributed by atoms with Gasteiger partial charge in [0.15, 0.2) is 0 Å². The van der Waals surface area contributed by atoms with E-state index in [0.29, 0.717) is 25.9 Å². The molecule has 0 bridgehead atoms. The number of amides is 3. The lowest BCUT2D eigenvalue weighted by Crippen LogP contribution is -2.56. The molecule has 0 saturated carbocycles. The molecule has 0 aliphatic carbocycles. The zero-order valence-electron chi connectivity index (χ0n) is 14.9. The van der Waals surface area contributed by atoms with Gasteiger partial charge in [-0.2, -0.15) is 0 Å². The summed E-state index contributed by atoms with van der Waals surface area (Å²) in [5.74, 6) is -0.373. The van der Waals surface area contributed by atoms with Gasteiger partial charge in [-0.1, -0.05) is 48.5 Å². The SMILES string of the molecule is O=C1CC[C@H](C(=O)N2CCN(c3ccccc3-c3ccccc3)C(=O)C2)N1.